The number of pyridine rings is 3. The summed E-state index contributed by atoms with van der Waals surface area (Å²) in [6.45, 7) is 0. The summed E-state index contributed by atoms with van der Waals surface area (Å²) in [4.78, 5) is 14.7. The first kappa shape index (κ1) is 71.4. The molecule has 0 N–H and O–H groups in total. The zero-order valence-corrected chi connectivity index (χ0v) is 67.3. The van der Waals surface area contributed by atoms with Crippen LogP contribution < -0.4 is 0 Å². The van der Waals surface area contributed by atoms with Crippen LogP contribution in [0, 0.1) is 0 Å². The third kappa shape index (κ3) is 11.7. The van der Waals surface area contributed by atoms with Crippen LogP contribution in [0.2, 0.25) is 0 Å². The Balaban J connectivity index is 0.000000105. The molecule has 17 aromatic carbocycles. The number of para-hydroxylation sites is 7. The smallest absolute Gasteiger partial charge is 0.0969 e. The lowest BCUT2D eigenvalue weighted by Crippen LogP contribution is -1.94. The molecule has 0 saturated carbocycles. The summed E-state index contributed by atoms with van der Waals surface area (Å²) in [6.07, 6.45) is 5.69. The molecule has 0 fully saturated rings. The highest BCUT2D eigenvalue weighted by Crippen LogP contribution is 2.46. The van der Waals surface area contributed by atoms with Gasteiger partial charge in [0.25, 0.3) is 0 Å². The van der Waals surface area contributed by atoms with Crippen molar-refractivity contribution in [3.05, 3.63) is 455 Å². The van der Waals surface area contributed by atoms with Crippen molar-refractivity contribution in [3.8, 4) is 78.6 Å². The Morgan fingerprint density at radius 3 is 0.790 bits per heavy atom. The van der Waals surface area contributed by atoms with E-state index in [-0.39, 0.29) is 0 Å². The van der Waals surface area contributed by atoms with Crippen LogP contribution in [0.1, 0.15) is 0 Å². The molecule has 580 valence electrons. The van der Waals surface area contributed by atoms with E-state index in [0.717, 1.165) is 72.4 Å². The average molecular weight is 1580 g/mol. The minimum Gasteiger partial charge on any atom is -0.309 e. The maximum absolute atomic E-state index is 4.90. The lowest BCUT2D eigenvalue weighted by atomic mass is 9.99. The second kappa shape index (κ2) is 29.6. The molecule has 26 rings (SSSR count). The largest absolute Gasteiger partial charge is 0.309 e. The van der Waals surface area contributed by atoms with Crippen molar-refractivity contribution in [2.45, 2.75) is 0 Å². The van der Waals surface area contributed by atoms with Crippen LogP contribution in [0.25, 0.3) is 221 Å². The quantitative estimate of drug-likeness (QED) is 0.137. The topological polar surface area (TPSA) is 68.2 Å². The van der Waals surface area contributed by atoms with Gasteiger partial charge in [0, 0.05) is 101 Å². The minimum atomic E-state index is 1.02. The third-order valence-corrected chi connectivity index (χ3v) is 24.9. The predicted molar refractivity (Wildman–Crippen MR) is 518 cm³/mol. The predicted octanol–water partition coefficient (Wildman–Crippen LogP) is 29.6. The Labute approximate surface area is 713 Å². The Morgan fingerprint density at radius 2 is 0.411 bits per heavy atom. The van der Waals surface area contributed by atoms with Crippen molar-refractivity contribution < 1.29 is 0 Å². The van der Waals surface area contributed by atoms with E-state index in [9.17, 15) is 0 Å². The Bertz CT molecular complexity index is 8650. The zero-order chi connectivity index (χ0) is 81.7. The number of fused-ring (bicyclic) bond motifs is 19. The molecule has 0 bridgehead atoms. The number of nitrogens with zero attached hydrogens (tertiary/aromatic N) is 9. The van der Waals surface area contributed by atoms with Crippen LogP contribution in [0.15, 0.2) is 455 Å². The number of aromatic nitrogens is 9. The molecule has 0 aliphatic heterocycles. The number of rotatable bonds is 10. The molecule has 9 heteroatoms. The fourth-order valence-electron chi connectivity index (χ4n) is 19.5. The molecule has 0 radical (unpaired) electrons. The van der Waals surface area contributed by atoms with Gasteiger partial charge < -0.3 is 27.4 Å². The van der Waals surface area contributed by atoms with Crippen molar-refractivity contribution >= 4 is 142 Å². The van der Waals surface area contributed by atoms with Gasteiger partial charge in [0.05, 0.1) is 82.8 Å². The van der Waals surface area contributed by atoms with Gasteiger partial charge in [0.2, 0.25) is 0 Å². The second-order valence-electron chi connectivity index (χ2n) is 31.8. The Hall–Kier alpha value is -16.8. The summed E-state index contributed by atoms with van der Waals surface area (Å²) in [5, 5.41) is 13.5. The first-order valence-electron chi connectivity index (χ1n) is 42.2. The SMILES string of the molecule is c1ccc(-c2ccc(-n3c4ccccc4c4cc(-c5cccc6c5c5ncccc5n6-c5ccccc5)ccc43)cc2)cc1.c1ccc(-n2c3ccccc3c3cc(-c4cccc5c4c4ncccc4n5-c4ccccc4)ccc32)cc1.c1ccc(-n2c3cccnc3c3c(-c4ccc5c(c4)c4ccccc4n5-c4ccc5ccccc5c4)cccc32)cc1. The molecule has 0 saturated heterocycles. The number of benzene rings is 17. The summed E-state index contributed by atoms with van der Waals surface area (Å²) < 4.78 is 14.1. The van der Waals surface area contributed by atoms with E-state index >= 15 is 0 Å². The summed E-state index contributed by atoms with van der Waals surface area (Å²) in [5.41, 5.74) is 33.6. The van der Waals surface area contributed by atoms with Crippen molar-refractivity contribution in [2.24, 2.45) is 0 Å². The number of hydrogen-bond acceptors (Lipinski definition) is 3. The van der Waals surface area contributed by atoms with Gasteiger partial charge in [-0.3, -0.25) is 15.0 Å². The van der Waals surface area contributed by atoms with Crippen LogP contribution in [0.4, 0.5) is 0 Å². The molecule has 0 spiro atoms. The van der Waals surface area contributed by atoms with E-state index in [0.29, 0.717) is 0 Å². The fraction of sp³-hybridized carbons (Fsp3) is 0. The van der Waals surface area contributed by atoms with Crippen LogP contribution in [-0.2, 0) is 0 Å². The highest BCUT2D eigenvalue weighted by Gasteiger charge is 2.25. The van der Waals surface area contributed by atoms with Crippen LogP contribution in [-0.4, -0.2) is 42.4 Å². The van der Waals surface area contributed by atoms with Crippen molar-refractivity contribution in [2.75, 3.05) is 0 Å². The lowest BCUT2D eigenvalue weighted by molar-refractivity contribution is 1.17. The maximum atomic E-state index is 4.90. The van der Waals surface area contributed by atoms with Crippen molar-refractivity contribution in [3.63, 3.8) is 0 Å². The van der Waals surface area contributed by atoms with Gasteiger partial charge in [-0.25, -0.2) is 0 Å². The number of hydrogen-bond donors (Lipinski definition) is 0. The molecule has 0 aliphatic carbocycles. The fourth-order valence-corrected chi connectivity index (χ4v) is 19.5. The van der Waals surface area contributed by atoms with Crippen LogP contribution >= 0.6 is 0 Å². The average Bonchev–Trinajstić information content (AvgIpc) is 1.58. The molecule has 0 amide bonds. The third-order valence-electron chi connectivity index (χ3n) is 24.9. The van der Waals surface area contributed by atoms with Gasteiger partial charge in [0.1, 0.15) is 0 Å². The standard InChI is InChI=1S/C41H27N3.C39H25N3.C35H23N3/c1-3-11-28(12-4-1)29-20-23-32(24-21-29)43-36-17-8-7-15-34(36)35-27-30(22-25-37(35)43)33-16-9-18-38-40(33)41-39(19-10-26-42-41)44(38)31-13-5-2-6-14-31;1-2-12-29(13-3-1)41-36-17-8-15-31(38(36)39-37(41)18-9-23-40-39)28-20-22-35-33(25-28)32-14-6-7-16-34(32)42(35)30-21-19-26-10-4-5-11-27(26)24-30;1-3-11-25(12-4-1)37-30-17-8-7-15-28(30)29-23-24(20-21-31(29)37)27-16-9-18-32-34(27)35-33(19-10-22-36-35)38(32)26-13-5-2-6-14-26/h1-27H;1-25H;1-23H. The Kier molecular flexibility index (Phi) is 17.1. The Morgan fingerprint density at radius 1 is 0.145 bits per heavy atom. The molecule has 9 aromatic heterocycles. The summed E-state index contributed by atoms with van der Waals surface area (Å²) in [6, 6.07) is 156. The molecule has 0 aliphatic rings. The molecule has 0 atom stereocenters. The van der Waals surface area contributed by atoms with E-state index in [1.807, 2.05) is 36.8 Å². The highest BCUT2D eigenvalue weighted by atomic mass is 15.0. The molecular weight excluding hydrogens is 1510 g/mol. The molecule has 0 unspecified atom stereocenters. The summed E-state index contributed by atoms with van der Waals surface area (Å²) in [7, 11) is 0. The van der Waals surface area contributed by atoms with Gasteiger partial charge in [0.15, 0.2) is 0 Å². The van der Waals surface area contributed by atoms with Crippen molar-refractivity contribution in [1.82, 2.24) is 42.4 Å². The van der Waals surface area contributed by atoms with Gasteiger partial charge in [-0.2, -0.15) is 0 Å². The van der Waals surface area contributed by atoms with E-state index in [1.165, 1.54) is 148 Å². The van der Waals surface area contributed by atoms with Gasteiger partial charge >= 0.3 is 0 Å². The maximum Gasteiger partial charge on any atom is 0.0969 e. The van der Waals surface area contributed by atoms with Gasteiger partial charge in [-0.15, -0.1) is 0 Å². The van der Waals surface area contributed by atoms with E-state index in [2.05, 4.69) is 446 Å². The van der Waals surface area contributed by atoms with Crippen molar-refractivity contribution in [1.29, 1.82) is 0 Å². The molecule has 9 nitrogen and oxygen atoms in total. The van der Waals surface area contributed by atoms with Crippen LogP contribution in [0.5, 0.6) is 0 Å². The molecule has 124 heavy (non-hydrogen) atoms. The first-order valence-corrected chi connectivity index (χ1v) is 42.2. The molecular formula is C115H75N9. The normalized spacial score (nSPS) is 11.7. The second-order valence-corrected chi connectivity index (χ2v) is 31.8. The van der Waals surface area contributed by atoms with E-state index in [4.69, 9.17) is 15.0 Å². The highest BCUT2D eigenvalue weighted by molar-refractivity contribution is 6.20. The zero-order valence-electron chi connectivity index (χ0n) is 67.3. The van der Waals surface area contributed by atoms with E-state index in [1.54, 1.807) is 0 Å². The summed E-state index contributed by atoms with van der Waals surface area (Å²) >= 11 is 0. The lowest BCUT2D eigenvalue weighted by Gasteiger charge is -2.10. The van der Waals surface area contributed by atoms with E-state index < -0.39 is 0 Å². The molecule has 26 aromatic rings. The first-order chi connectivity index (χ1) is 61.6. The van der Waals surface area contributed by atoms with Gasteiger partial charge in [-0.1, -0.05) is 255 Å². The minimum absolute atomic E-state index is 1.02. The molecule has 9 heterocycles. The monoisotopic (exact) mass is 1580 g/mol. The van der Waals surface area contributed by atoms with Gasteiger partial charge in [-0.05, 0) is 237 Å². The van der Waals surface area contributed by atoms with Crippen LogP contribution in [0.3, 0.4) is 0 Å². The summed E-state index contributed by atoms with van der Waals surface area (Å²) in [5.74, 6) is 0.